The molecule has 3 heteroatoms. The summed E-state index contributed by atoms with van der Waals surface area (Å²) in [7, 11) is 0. The number of halogens is 1. The standard InChI is InChI=1S/C23H20FNO/c1-15-7-6-8-16(2)21(15)23-22(24)19-13-18(11-12-20(19)25-23)26-14-17-9-4-3-5-10-17/h3-13,25H,14H2,1-2H3. The van der Waals surface area contributed by atoms with E-state index in [4.69, 9.17) is 4.74 Å². The number of aryl methyl sites for hydroxylation is 2. The molecule has 0 spiro atoms. The molecular formula is C23H20FNO. The van der Waals surface area contributed by atoms with Crippen LogP contribution in [-0.4, -0.2) is 4.98 Å². The second kappa shape index (κ2) is 6.68. The van der Waals surface area contributed by atoms with Crippen LogP contribution in [-0.2, 0) is 6.61 Å². The Kier molecular flexibility index (Phi) is 4.21. The molecule has 130 valence electrons. The van der Waals surface area contributed by atoms with Gasteiger partial charge in [-0.05, 0) is 48.7 Å². The molecular weight excluding hydrogens is 325 g/mol. The third kappa shape index (κ3) is 2.97. The van der Waals surface area contributed by atoms with E-state index in [1.165, 1.54) is 0 Å². The van der Waals surface area contributed by atoms with Gasteiger partial charge in [0.15, 0.2) is 5.82 Å². The zero-order chi connectivity index (χ0) is 18.1. The summed E-state index contributed by atoms with van der Waals surface area (Å²) >= 11 is 0. The number of nitrogens with one attached hydrogen (secondary N) is 1. The fourth-order valence-electron chi connectivity index (χ4n) is 3.35. The van der Waals surface area contributed by atoms with Crippen molar-refractivity contribution >= 4 is 10.9 Å². The first-order chi connectivity index (χ1) is 12.6. The van der Waals surface area contributed by atoms with Gasteiger partial charge in [-0.25, -0.2) is 4.39 Å². The highest BCUT2D eigenvalue weighted by atomic mass is 19.1. The minimum absolute atomic E-state index is 0.234. The Balaban J connectivity index is 1.70. The van der Waals surface area contributed by atoms with Crippen LogP contribution in [0.1, 0.15) is 16.7 Å². The Hall–Kier alpha value is -3.07. The smallest absolute Gasteiger partial charge is 0.156 e. The maximum Gasteiger partial charge on any atom is 0.156 e. The predicted molar refractivity (Wildman–Crippen MR) is 104 cm³/mol. The normalized spacial score (nSPS) is 11.0. The highest BCUT2D eigenvalue weighted by molar-refractivity contribution is 5.89. The highest BCUT2D eigenvalue weighted by Crippen LogP contribution is 2.34. The number of H-pyrrole nitrogens is 1. The van der Waals surface area contributed by atoms with Gasteiger partial charge in [0.1, 0.15) is 12.4 Å². The molecule has 0 atom stereocenters. The summed E-state index contributed by atoms with van der Waals surface area (Å²) in [5.74, 6) is 0.426. The lowest BCUT2D eigenvalue weighted by atomic mass is 10.00. The van der Waals surface area contributed by atoms with Gasteiger partial charge in [0.05, 0.1) is 5.69 Å². The lowest BCUT2D eigenvalue weighted by Crippen LogP contribution is -1.94. The summed E-state index contributed by atoms with van der Waals surface area (Å²) in [5, 5.41) is 0.549. The third-order valence-electron chi connectivity index (χ3n) is 4.69. The van der Waals surface area contributed by atoms with E-state index in [2.05, 4.69) is 4.98 Å². The molecule has 0 bridgehead atoms. The summed E-state index contributed by atoms with van der Waals surface area (Å²) < 4.78 is 21.0. The number of ether oxygens (including phenoxy) is 1. The van der Waals surface area contributed by atoms with E-state index >= 15 is 4.39 Å². The van der Waals surface area contributed by atoms with Crippen molar-refractivity contribution in [2.24, 2.45) is 0 Å². The lowest BCUT2D eigenvalue weighted by molar-refractivity contribution is 0.306. The van der Waals surface area contributed by atoms with E-state index in [0.717, 1.165) is 27.8 Å². The van der Waals surface area contributed by atoms with Crippen LogP contribution >= 0.6 is 0 Å². The van der Waals surface area contributed by atoms with Crippen molar-refractivity contribution in [2.75, 3.05) is 0 Å². The molecule has 4 rings (SSSR count). The van der Waals surface area contributed by atoms with E-state index in [-0.39, 0.29) is 5.82 Å². The van der Waals surface area contributed by atoms with Gasteiger partial charge in [0.25, 0.3) is 0 Å². The van der Waals surface area contributed by atoms with Crippen molar-refractivity contribution in [3.63, 3.8) is 0 Å². The molecule has 0 radical (unpaired) electrons. The molecule has 0 fully saturated rings. The van der Waals surface area contributed by atoms with E-state index < -0.39 is 0 Å². The van der Waals surface area contributed by atoms with Crippen LogP contribution in [0, 0.1) is 19.7 Å². The molecule has 2 nitrogen and oxygen atoms in total. The van der Waals surface area contributed by atoms with Crippen LogP contribution in [0.5, 0.6) is 5.75 Å². The fourth-order valence-corrected chi connectivity index (χ4v) is 3.35. The predicted octanol–water partition coefficient (Wildman–Crippen LogP) is 6.17. The van der Waals surface area contributed by atoms with E-state index in [1.807, 2.05) is 74.5 Å². The molecule has 1 N–H and O–H groups in total. The van der Waals surface area contributed by atoms with E-state index in [9.17, 15) is 0 Å². The first-order valence-electron chi connectivity index (χ1n) is 8.68. The quantitative estimate of drug-likeness (QED) is 0.470. The number of hydrogen-bond donors (Lipinski definition) is 1. The Bertz CT molecular complexity index is 1050. The second-order valence-electron chi connectivity index (χ2n) is 6.56. The fraction of sp³-hybridized carbons (Fsp3) is 0.130. The zero-order valence-electron chi connectivity index (χ0n) is 14.8. The van der Waals surface area contributed by atoms with Gasteiger partial charge in [-0.3, -0.25) is 0 Å². The summed E-state index contributed by atoms with van der Waals surface area (Å²) in [6.45, 7) is 4.46. The topological polar surface area (TPSA) is 25.0 Å². The molecule has 0 aliphatic heterocycles. The van der Waals surface area contributed by atoms with Crippen LogP contribution in [0.25, 0.3) is 22.2 Å². The van der Waals surface area contributed by atoms with Crippen molar-refractivity contribution in [3.8, 4) is 17.0 Å². The van der Waals surface area contributed by atoms with Crippen LogP contribution in [0.15, 0.2) is 66.7 Å². The monoisotopic (exact) mass is 345 g/mol. The molecule has 0 unspecified atom stereocenters. The molecule has 1 aromatic heterocycles. The minimum atomic E-state index is -0.234. The van der Waals surface area contributed by atoms with Gasteiger partial charge >= 0.3 is 0 Å². The number of fused-ring (bicyclic) bond motifs is 1. The van der Waals surface area contributed by atoms with Crippen molar-refractivity contribution < 1.29 is 9.13 Å². The average molecular weight is 345 g/mol. The molecule has 26 heavy (non-hydrogen) atoms. The van der Waals surface area contributed by atoms with Gasteiger partial charge in [-0.2, -0.15) is 0 Å². The first kappa shape index (κ1) is 16.4. The first-order valence-corrected chi connectivity index (χ1v) is 8.68. The Labute approximate surface area is 152 Å². The summed E-state index contributed by atoms with van der Waals surface area (Å²) in [6, 6.07) is 21.4. The molecule has 3 aromatic carbocycles. The van der Waals surface area contributed by atoms with Gasteiger partial charge in [0.2, 0.25) is 0 Å². The molecule has 0 aliphatic carbocycles. The maximum atomic E-state index is 15.1. The summed E-state index contributed by atoms with van der Waals surface area (Å²) in [4.78, 5) is 3.23. The Morgan fingerprint density at radius 3 is 2.35 bits per heavy atom. The van der Waals surface area contributed by atoms with Crippen molar-refractivity contribution in [3.05, 3.63) is 89.2 Å². The van der Waals surface area contributed by atoms with E-state index in [1.54, 1.807) is 6.07 Å². The van der Waals surface area contributed by atoms with Crippen molar-refractivity contribution in [1.29, 1.82) is 0 Å². The van der Waals surface area contributed by atoms with E-state index in [0.29, 0.717) is 23.4 Å². The molecule has 0 amide bonds. The molecule has 1 heterocycles. The van der Waals surface area contributed by atoms with Gasteiger partial charge < -0.3 is 9.72 Å². The molecule has 0 saturated carbocycles. The number of aromatic nitrogens is 1. The van der Waals surface area contributed by atoms with Crippen LogP contribution in [0.3, 0.4) is 0 Å². The minimum Gasteiger partial charge on any atom is -0.489 e. The third-order valence-corrected chi connectivity index (χ3v) is 4.69. The average Bonchev–Trinajstić information content (AvgIpc) is 2.97. The number of rotatable bonds is 4. The summed E-state index contributed by atoms with van der Waals surface area (Å²) in [6.07, 6.45) is 0. The SMILES string of the molecule is Cc1cccc(C)c1-c1[nH]c2ccc(OCc3ccccc3)cc2c1F. The van der Waals surface area contributed by atoms with Gasteiger partial charge in [0, 0.05) is 16.5 Å². The largest absolute Gasteiger partial charge is 0.489 e. The molecule has 0 saturated heterocycles. The Morgan fingerprint density at radius 2 is 1.62 bits per heavy atom. The molecule has 0 aliphatic rings. The number of hydrogen-bond acceptors (Lipinski definition) is 1. The van der Waals surface area contributed by atoms with Gasteiger partial charge in [-0.1, -0.05) is 48.5 Å². The van der Waals surface area contributed by atoms with Crippen molar-refractivity contribution in [1.82, 2.24) is 4.98 Å². The number of benzene rings is 3. The lowest BCUT2D eigenvalue weighted by Gasteiger charge is -2.07. The zero-order valence-corrected chi connectivity index (χ0v) is 14.8. The van der Waals surface area contributed by atoms with Crippen LogP contribution in [0.4, 0.5) is 4.39 Å². The number of aromatic amines is 1. The Morgan fingerprint density at radius 1 is 0.885 bits per heavy atom. The second-order valence-corrected chi connectivity index (χ2v) is 6.56. The maximum absolute atomic E-state index is 15.1. The molecule has 4 aromatic rings. The highest BCUT2D eigenvalue weighted by Gasteiger charge is 2.17. The summed E-state index contributed by atoms with van der Waals surface area (Å²) in [5.41, 5.74) is 5.42. The van der Waals surface area contributed by atoms with Crippen molar-refractivity contribution in [2.45, 2.75) is 20.5 Å². The van der Waals surface area contributed by atoms with Gasteiger partial charge in [-0.15, -0.1) is 0 Å². The van der Waals surface area contributed by atoms with Crippen LogP contribution < -0.4 is 4.74 Å². The van der Waals surface area contributed by atoms with Crippen LogP contribution in [0.2, 0.25) is 0 Å².